The molecule has 6 nitrogen and oxygen atoms in total. The second-order valence-electron chi connectivity index (χ2n) is 4.99. The second-order valence-corrected chi connectivity index (χ2v) is 4.99. The lowest BCUT2D eigenvalue weighted by Gasteiger charge is -2.26. The molecule has 0 saturated carbocycles. The van der Waals surface area contributed by atoms with Gasteiger partial charge in [0.2, 0.25) is 11.6 Å². The van der Waals surface area contributed by atoms with Gasteiger partial charge in [-0.3, -0.25) is 9.59 Å². The van der Waals surface area contributed by atoms with Crippen LogP contribution in [0.15, 0.2) is 18.0 Å². The van der Waals surface area contributed by atoms with Gasteiger partial charge < -0.3 is 9.80 Å². The number of nitrogens with zero attached hydrogens (tertiary/aromatic N) is 4. The Morgan fingerprint density at radius 1 is 0.909 bits per heavy atom. The zero-order chi connectivity index (χ0) is 16.3. The van der Waals surface area contributed by atoms with E-state index >= 15 is 0 Å². The van der Waals surface area contributed by atoms with Crippen molar-refractivity contribution >= 4 is 17.4 Å². The minimum Gasteiger partial charge on any atom is -0.369 e. The molecule has 0 saturated heterocycles. The fourth-order valence-electron chi connectivity index (χ4n) is 2.60. The lowest BCUT2D eigenvalue weighted by atomic mass is 10.0. The molecule has 0 aromatic carbocycles. The van der Waals surface area contributed by atoms with Crippen molar-refractivity contribution in [2.75, 3.05) is 31.1 Å². The van der Waals surface area contributed by atoms with Gasteiger partial charge in [0.05, 0.1) is 11.9 Å². The molecule has 0 fully saturated rings. The minimum atomic E-state index is -0.252. The van der Waals surface area contributed by atoms with Crippen LogP contribution in [0, 0.1) is 0 Å². The molecule has 0 radical (unpaired) electrons. The Kier molecular flexibility index (Phi) is 4.90. The second kappa shape index (κ2) is 6.68. The summed E-state index contributed by atoms with van der Waals surface area (Å²) in [6.07, 6.45) is 2.96. The molecule has 0 N–H and O–H groups in total. The van der Waals surface area contributed by atoms with Crippen molar-refractivity contribution in [2.24, 2.45) is 0 Å². The monoisotopic (exact) mass is 302 g/mol. The summed E-state index contributed by atoms with van der Waals surface area (Å²) < 4.78 is 0. The standard InChI is InChI=1S/C16H22N4O2/c1-5-19(6-2)11-9-12(21)14-15(16(11)22)17-10-13(18-14)20(7-3)8-4/h9-10H,5-8H2,1-4H3. The number of carbonyl (C=O) groups is 2. The van der Waals surface area contributed by atoms with E-state index in [0.29, 0.717) is 24.6 Å². The molecule has 1 aliphatic carbocycles. The first kappa shape index (κ1) is 16.1. The average Bonchev–Trinajstić information content (AvgIpc) is 2.54. The molecule has 0 atom stereocenters. The van der Waals surface area contributed by atoms with Crippen LogP contribution >= 0.6 is 0 Å². The Hall–Kier alpha value is -2.24. The van der Waals surface area contributed by atoms with E-state index in [1.54, 1.807) is 6.20 Å². The molecule has 0 aliphatic heterocycles. The maximum absolute atomic E-state index is 12.6. The number of Topliss-reactive ketones (excluding diaryl/α,β-unsaturated/α-hetero) is 1. The fraction of sp³-hybridized carbons (Fsp3) is 0.500. The number of rotatable bonds is 6. The molecule has 1 heterocycles. The Balaban J connectivity index is 2.44. The van der Waals surface area contributed by atoms with Crippen molar-refractivity contribution in [3.05, 3.63) is 29.4 Å². The molecule has 1 aliphatic rings. The quantitative estimate of drug-likeness (QED) is 0.800. The smallest absolute Gasteiger partial charge is 0.229 e. The van der Waals surface area contributed by atoms with Crippen molar-refractivity contribution in [2.45, 2.75) is 27.7 Å². The van der Waals surface area contributed by atoms with E-state index in [0.717, 1.165) is 13.1 Å². The topological polar surface area (TPSA) is 66.4 Å². The van der Waals surface area contributed by atoms with Crippen molar-refractivity contribution in [3.8, 4) is 0 Å². The summed E-state index contributed by atoms with van der Waals surface area (Å²) in [5, 5.41) is 0. The first-order chi connectivity index (χ1) is 10.6. The van der Waals surface area contributed by atoms with E-state index in [2.05, 4.69) is 9.97 Å². The Labute approximate surface area is 130 Å². The van der Waals surface area contributed by atoms with Crippen LogP contribution < -0.4 is 4.90 Å². The molecule has 0 bridgehead atoms. The fourth-order valence-corrected chi connectivity index (χ4v) is 2.60. The summed E-state index contributed by atoms with van der Waals surface area (Å²) >= 11 is 0. The van der Waals surface area contributed by atoms with Crippen LogP contribution in [0.3, 0.4) is 0 Å². The van der Waals surface area contributed by atoms with Crippen molar-refractivity contribution in [1.82, 2.24) is 14.9 Å². The van der Waals surface area contributed by atoms with Crippen LogP contribution in [-0.2, 0) is 0 Å². The Morgan fingerprint density at radius 2 is 1.50 bits per heavy atom. The number of fused-ring (bicyclic) bond motifs is 1. The molecule has 6 heteroatoms. The van der Waals surface area contributed by atoms with Gasteiger partial charge in [-0.1, -0.05) is 0 Å². The summed E-state index contributed by atoms with van der Waals surface area (Å²) in [5.41, 5.74) is 0.725. The zero-order valence-electron chi connectivity index (χ0n) is 13.6. The number of carbonyl (C=O) groups excluding carboxylic acids is 2. The van der Waals surface area contributed by atoms with Gasteiger partial charge in [-0.2, -0.15) is 0 Å². The molecular weight excluding hydrogens is 280 g/mol. The number of aromatic nitrogens is 2. The molecule has 22 heavy (non-hydrogen) atoms. The predicted molar refractivity (Wildman–Crippen MR) is 85.3 cm³/mol. The zero-order valence-corrected chi connectivity index (χ0v) is 13.6. The summed E-state index contributed by atoms with van der Waals surface area (Å²) in [6.45, 7) is 10.8. The predicted octanol–water partition coefficient (Wildman–Crippen LogP) is 1.93. The van der Waals surface area contributed by atoms with Gasteiger partial charge in [0.1, 0.15) is 17.2 Å². The van der Waals surface area contributed by atoms with E-state index in [9.17, 15) is 9.59 Å². The molecule has 0 amide bonds. The number of anilines is 1. The number of hydrogen-bond donors (Lipinski definition) is 0. The lowest BCUT2D eigenvalue weighted by molar-refractivity contribution is 0.0946. The summed E-state index contributed by atoms with van der Waals surface area (Å²) in [7, 11) is 0. The highest BCUT2D eigenvalue weighted by molar-refractivity contribution is 6.22. The summed E-state index contributed by atoms with van der Waals surface area (Å²) in [6, 6.07) is 0. The highest BCUT2D eigenvalue weighted by atomic mass is 16.1. The molecule has 0 unspecified atom stereocenters. The van der Waals surface area contributed by atoms with Crippen LogP contribution in [0.1, 0.15) is 48.7 Å². The van der Waals surface area contributed by atoms with Gasteiger partial charge in [0.25, 0.3) is 0 Å². The van der Waals surface area contributed by atoms with Crippen molar-refractivity contribution in [3.63, 3.8) is 0 Å². The van der Waals surface area contributed by atoms with Crippen LogP contribution in [0.4, 0.5) is 5.82 Å². The Morgan fingerprint density at radius 3 is 2.05 bits per heavy atom. The lowest BCUT2D eigenvalue weighted by Crippen LogP contribution is -2.33. The van der Waals surface area contributed by atoms with Crippen LogP contribution in [0.5, 0.6) is 0 Å². The van der Waals surface area contributed by atoms with E-state index in [4.69, 9.17) is 0 Å². The maximum Gasteiger partial charge on any atom is 0.229 e. The third-order valence-corrected chi connectivity index (χ3v) is 3.90. The van der Waals surface area contributed by atoms with Gasteiger partial charge >= 0.3 is 0 Å². The SMILES string of the molecule is CCN(CC)C1=CC(=O)c2nc(N(CC)CC)cnc2C1=O. The van der Waals surface area contributed by atoms with Crippen molar-refractivity contribution < 1.29 is 9.59 Å². The van der Waals surface area contributed by atoms with E-state index in [1.807, 2.05) is 37.5 Å². The Bertz CT molecular complexity index is 617. The molecule has 1 aromatic heterocycles. The van der Waals surface area contributed by atoms with Gasteiger partial charge in [-0.15, -0.1) is 0 Å². The first-order valence-corrected chi connectivity index (χ1v) is 7.74. The first-order valence-electron chi connectivity index (χ1n) is 7.74. The van der Waals surface area contributed by atoms with Gasteiger partial charge in [-0.05, 0) is 27.7 Å². The average molecular weight is 302 g/mol. The number of hydrogen-bond acceptors (Lipinski definition) is 6. The summed E-state index contributed by atoms with van der Waals surface area (Å²) in [4.78, 5) is 37.4. The molecule has 1 aromatic rings. The van der Waals surface area contributed by atoms with Crippen LogP contribution in [-0.4, -0.2) is 52.6 Å². The number of ketones is 2. The number of allylic oxidation sites excluding steroid dienone is 2. The normalized spacial score (nSPS) is 13.7. The summed E-state index contributed by atoms with van der Waals surface area (Å²) in [5.74, 6) is 0.152. The van der Waals surface area contributed by atoms with Gasteiger partial charge in [0, 0.05) is 32.3 Å². The van der Waals surface area contributed by atoms with E-state index in [-0.39, 0.29) is 23.0 Å². The maximum atomic E-state index is 12.6. The molecular formula is C16H22N4O2. The highest BCUT2D eigenvalue weighted by Crippen LogP contribution is 2.22. The third kappa shape index (κ3) is 2.73. The van der Waals surface area contributed by atoms with Gasteiger partial charge in [-0.25, -0.2) is 9.97 Å². The van der Waals surface area contributed by atoms with Crippen molar-refractivity contribution in [1.29, 1.82) is 0 Å². The number of likely N-dealkylation sites (N-methyl/N-ethyl adjacent to an activating group) is 1. The van der Waals surface area contributed by atoms with Crippen LogP contribution in [0.25, 0.3) is 0 Å². The minimum absolute atomic E-state index is 0.158. The van der Waals surface area contributed by atoms with Crippen LogP contribution in [0.2, 0.25) is 0 Å². The highest BCUT2D eigenvalue weighted by Gasteiger charge is 2.31. The van der Waals surface area contributed by atoms with E-state index in [1.165, 1.54) is 6.08 Å². The van der Waals surface area contributed by atoms with E-state index < -0.39 is 0 Å². The molecule has 118 valence electrons. The largest absolute Gasteiger partial charge is 0.369 e. The molecule has 0 spiro atoms. The van der Waals surface area contributed by atoms with Gasteiger partial charge in [0.15, 0.2) is 0 Å². The third-order valence-electron chi connectivity index (χ3n) is 3.90. The molecule has 2 rings (SSSR count).